The number of carbonyl (C=O) groups is 1. The minimum Gasteiger partial charge on any atom is -0.467 e. The van der Waals surface area contributed by atoms with Crippen molar-refractivity contribution in [2.75, 3.05) is 26.7 Å². The maximum atomic E-state index is 11.6. The fraction of sp³-hybridized carbons (Fsp3) is 0.647. The van der Waals surface area contributed by atoms with Gasteiger partial charge in [-0.05, 0) is 37.8 Å². The van der Waals surface area contributed by atoms with Crippen LogP contribution in [0.4, 0.5) is 0 Å². The number of nitrogens with one attached hydrogen (secondary N) is 3. The third kappa shape index (κ3) is 10.3. The summed E-state index contributed by atoms with van der Waals surface area (Å²) in [7, 11) is 1.74. The normalized spacial score (nSPS) is 13.9. The van der Waals surface area contributed by atoms with Crippen molar-refractivity contribution in [1.29, 1.82) is 0 Å². The number of ether oxygens (including phenoxy) is 1. The van der Waals surface area contributed by atoms with Crippen LogP contribution in [0.2, 0.25) is 0 Å². The van der Waals surface area contributed by atoms with E-state index in [4.69, 9.17) is 9.15 Å². The van der Waals surface area contributed by atoms with Gasteiger partial charge in [0.05, 0.1) is 6.26 Å². The number of furan rings is 1. The highest BCUT2D eigenvalue weighted by atomic mass is 127. The van der Waals surface area contributed by atoms with E-state index in [1.54, 1.807) is 13.3 Å². The molecule has 1 aromatic heterocycles. The van der Waals surface area contributed by atoms with Crippen LogP contribution < -0.4 is 16.0 Å². The Morgan fingerprint density at radius 2 is 2.08 bits per heavy atom. The first kappa shape index (κ1) is 21.8. The van der Waals surface area contributed by atoms with Crippen LogP contribution in [0.3, 0.4) is 0 Å². The summed E-state index contributed by atoms with van der Waals surface area (Å²) in [5.41, 5.74) is 0. The van der Waals surface area contributed by atoms with Gasteiger partial charge in [-0.2, -0.15) is 0 Å². The molecule has 1 saturated carbocycles. The summed E-state index contributed by atoms with van der Waals surface area (Å²) in [4.78, 5) is 15.7. The summed E-state index contributed by atoms with van der Waals surface area (Å²) in [5, 5.41) is 9.43. The zero-order chi connectivity index (χ0) is 17.0. The van der Waals surface area contributed by atoms with Crippen molar-refractivity contribution in [3.8, 4) is 0 Å². The lowest BCUT2D eigenvalue weighted by atomic mass is 10.3. The molecule has 25 heavy (non-hydrogen) atoms. The average Bonchev–Trinajstić information content (AvgIpc) is 3.23. The Kier molecular flexibility index (Phi) is 11.3. The minimum atomic E-state index is 0. The van der Waals surface area contributed by atoms with E-state index in [2.05, 4.69) is 20.9 Å². The second kappa shape index (κ2) is 13.0. The highest BCUT2D eigenvalue weighted by molar-refractivity contribution is 14.0. The van der Waals surface area contributed by atoms with Crippen LogP contribution in [0, 0.1) is 0 Å². The molecule has 1 aliphatic rings. The highest BCUT2D eigenvalue weighted by Gasteiger charge is 2.22. The first-order valence-corrected chi connectivity index (χ1v) is 8.62. The molecule has 0 unspecified atom stereocenters. The van der Waals surface area contributed by atoms with Crippen molar-refractivity contribution in [1.82, 2.24) is 16.0 Å². The molecular weight excluding hydrogens is 435 g/mol. The molecule has 0 bridgehead atoms. The molecule has 1 aliphatic carbocycles. The first-order valence-electron chi connectivity index (χ1n) is 8.62. The quantitative estimate of drug-likeness (QED) is 0.202. The zero-order valence-electron chi connectivity index (χ0n) is 14.8. The van der Waals surface area contributed by atoms with E-state index < -0.39 is 0 Å². The fourth-order valence-corrected chi connectivity index (χ4v) is 2.15. The Balaban J connectivity index is 0.00000312. The molecule has 8 heteroatoms. The van der Waals surface area contributed by atoms with E-state index >= 15 is 0 Å². The number of nitrogens with zero attached hydrogens (tertiary/aromatic N) is 1. The van der Waals surface area contributed by atoms with Crippen molar-refractivity contribution >= 4 is 35.8 Å². The molecule has 0 spiro atoms. The van der Waals surface area contributed by atoms with Crippen molar-refractivity contribution in [2.24, 2.45) is 4.99 Å². The van der Waals surface area contributed by atoms with Crippen LogP contribution in [0.5, 0.6) is 0 Å². The van der Waals surface area contributed by atoms with Crippen LogP contribution in [0.1, 0.15) is 37.9 Å². The molecule has 0 aromatic carbocycles. The molecule has 1 fully saturated rings. The molecule has 0 radical (unpaired) electrons. The van der Waals surface area contributed by atoms with Crippen LogP contribution >= 0.6 is 24.0 Å². The smallest absolute Gasteiger partial charge is 0.220 e. The number of halogens is 1. The number of rotatable bonds is 11. The van der Waals surface area contributed by atoms with Gasteiger partial charge in [-0.3, -0.25) is 9.79 Å². The van der Waals surface area contributed by atoms with Gasteiger partial charge < -0.3 is 25.1 Å². The van der Waals surface area contributed by atoms with Crippen molar-refractivity contribution in [2.45, 2.75) is 44.8 Å². The molecule has 2 rings (SSSR count). The van der Waals surface area contributed by atoms with Gasteiger partial charge in [0.2, 0.25) is 5.91 Å². The Morgan fingerprint density at radius 1 is 1.32 bits per heavy atom. The monoisotopic (exact) mass is 464 g/mol. The van der Waals surface area contributed by atoms with Crippen LogP contribution in [0.15, 0.2) is 27.8 Å². The van der Waals surface area contributed by atoms with Gasteiger partial charge in [0.15, 0.2) is 5.96 Å². The van der Waals surface area contributed by atoms with E-state index in [9.17, 15) is 4.79 Å². The van der Waals surface area contributed by atoms with Gasteiger partial charge in [-0.25, -0.2) is 0 Å². The van der Waals surface area contributed by atoms with E-state index in [-0.39, 0.29) is 29.9 Å². The summed E-state index contributed by atoms with van der Waals surface area (Å²) in [6, 6.07) is 4.19. The Labute approximate surface area is 166 Å². The molecule has 1 amide bonds. The van der Waals surface area contributed by atoms with Gasteiger partial charge in [-0.1, -0.05) is 0 Å². The number of carbonyl (C=O) groups excluding carboxylic acids is 1. The lowest BCUT2D eigenvalue weighted by Crippen LogP contribution is -2.38. The summed E-state index contributed by atoms with van der Waals surface area (Å²) < 4.78 is 10.7. The number of amides is 1. The third-order valence-electron chi connectivity index (χ3n) is 3.62. The predicted octanol–water partition coefficient (Wildman–Crippen LogP) is 2.03. The van der Waals surface area contributed by atoms with E-state index in [0.717, 1.165) is 50.5 Å². The Morgan fingerprint density at radius 3 is 2.72 bits per heavy atom. The van der Waals surface area contributed by atoms with Gasteiger partial charge in [-0.15, -0.1) is 24.0 Å². The van der Waals surface area contributed by atoms with Gasteiger partial charge in [0, 0.05) is 39.2 Å². The maximum absolute atomic E-state index is 11.6. The standard InChI is InChI=1S/C17H28N4O3.HI/c1-18-17(19-9-2-6-16(22)21-14-7-8-14)20-10-4-11-23-13-15-5-3-12-24-15;/h3,5,12,14H,2,4,6-11,13H2,1H3,(H,21,22)(H2,18,19,20);1H. The topological polar surface area (TPSA) is 87.9 Å². The third-order valence-corrected chi connectivity index (χ3v) is 3.62. The molecule has 7 nitrogen and oxygen atoms in total. The number of guanidine groups is 1. The molecule has 3 N–H and O–H groups in total. The van der Waals surface area contributed by atoms with E-state index in [0.29, 0.717) is 25.7 Å². The summed E-state index contributed by atoms with van der Waals surface area (Å²) in [6.07, 6.45) is 6.14. The van der Waals surface area contributed by atoms with Crippen molar-refractivity contribution < 1.29 is 13.9 Å². The SMILES string of the molecule is CN=C(NCCCOCc1ccco1)NCCCC(=O)NC1CC1.I. The van der Waals surface area contributed by atoms with Gasteiger partial charge in [0.25, 0.3) is 0 Å². The summed E-state index contributed by atoms with van der Waals surface area (Å²) in [5.74, 6) is 1.74. The Hall–Kier alpha value is -1.29. The molecule has 142 valence electrons. The highest BCUT2D eigenvalue weighted by Crippen LogP contribution is 2.18. The second-order valence-corrected chi connectivity index (χ2v) is 5.86. The summed E-state index contributed by atoms with van der Waals surface area (Å²) in [6.45, 7) is 2.67. The minimum absolute atomic E-state index is 0. The zero-order valence-corrected chi connectivity index (χ0v) is 17.1. The molecule has 0 atom stereocenters. The van der Waals surface area contributed by atoms with Crippen molar-refractivity contribution in [3.05, 3.63) is 24.2 Å². The largest absolute Gasteiger partial charge is 0.467 e. The van der Waals surface area contributed by atoms with Gasteiger partial charge >= 0.3 is 0 Å². The van der Waals surface area contributed by atoms with Crippen LogP contribution in [-0.4, -0.2) is 44.7 Å². The van der Waals surface area contributed by atoms with Gasteiger partial charge in [0.1, 0.15) is 12.4 Å². The first-order chi connectivity index (χ1) is 11.8. The number of aliphatic imine (C=N–C) groups is 1. The fourth-order valence-electron chi connectivity index (χ4n) is 2.15. The number of hydrogen-bond donors (Lipinski definition) is 3. The molecule has 0 aliphatic heterocycles. The number of hydrogen-bond acceptors (Lipinski definition) is 4. The lowest BCUT2D eigenvalue weighted by Gasteiger charge is -2.11. The van der Waals surface area contributed by atoms with E-state index in [1.807, 2.05) is 12.1 Å². The molecule has 1 heterocycles. The van der Waals surface area contributed by atoms with Crippen LogP contribution in [0.25, 0.3) is 0 Å². The molecular formula is C17H29IN4O3. The second-order valence-electron chi connectivity index (χ2n) is 5.86. The summed E-state index contributed by atoms with van der Waals surface area (Å²) >= 11 is 0. The van der Waals surface area contributed by atoms with Crippen LogP contribution in [-0.2, 0) is 16.1 Å². The average molecular weight is 464 g/mol. The Bertz CT molecular complexity index is 504. The maximum Gasteiger partial charge on any atom is 0.220 e. The predicted molar refractivity (Wildman–Crippen MR) is 108 cm³/mol. The van der Waals surface area contributed by atoms with Crippen molar-refractivity contribution in [3.63, 3.8) is 0 Å². The molecule has 1 aromatic rings. The van der Waals surface area contributed by atoms with E-state index in [1.165, 1.54) is 0 Å². The molecule has 0 saturated heterocycles. The lowest BCUT2D eigenvalue weighted by molar-refractivity contribution is -0.121.